The van der Waals surface area contributed by atoms with Crippen LogP contribution in [0.5, 0.6) is 0 Å². The Morgan fingerprint density at radius 2 is 2.27 bits per heavy atom. The zero-order valence-corrected chi connectivity index (χ0v) is 8.19. The average Bonchev–Trinajstić information content (AvgIpc) is 2.14. The minimum absolute atomic E-state index is 0.246. The lowest BCUT2D eigenvalue weighted by atomic mass is 10.2. The molecule has 80 valence electrons. The van der Waals surface area contributed by atoms with E-state index in [9.17, 15) is 19.1 Å². The van der Waals surface area contributed by atoms with Crippen LogP contribution in [0.15, 0.2) is 18.2 Å². The second-order valence-corrected chi connectivity index (χ2v) is 3.29. The average molecular weight is 234 g/mol. The molecule has 0 aliphatic carbocycles. The van der Waals surface area contributed by atoms with Crippen molar-refractivity contribution in [1.82, 2.24) is 0 Å². The van der Waals surface area contributed by atoms with Gasteiger partial charge in [-0.25, -0.2) is 0 Å². The molecule has 0 saturated carbocycles. The number of benzene rings is 1. The summed E-state index contributed by atoms with van der Waals surface area (Å²) in [4.78, 5) is 17.7. The van der Waals surface area contributed by atoms with Gasteiger partial charge in [0, 0.05) is 10.6 Å². The molecule has 1 aromatic rings. The molecule has 0 fully saturated rings. The van der Waals surface area contributed by atoms with Gasteiger partial charge in [-0.15, -0.1) is 9.42 Å². The summed E-state index contributed by atoms with van der Waals surface area (Å²) in [5.74, 6) is -1.01. The Hall–Kier alpha value is -1.43. The van der Waals surface area contributed by atoms with E-state index >= 15 is 0 Å². The Balaban J connectivity index is 2.82. The first kappa shape index (κ1) is 11.6. The second-order valence-electron chi connectivity index (χ2n) is 2.55. The van der Waals surface area contributed by atoms with Gasteiger partial charge in [0.05, 0.1) is 4.92 Å². The van der Waals surface area contributed by atoms with Crippen molar-refractivity contribution in [3.05, 3.63) is 39.7 Å². The monoisotopic (exact) mass is 234 g/mol. The van der Waals surface area contributed by atoms with E-state index in [0.29, 0.717) is 0 Å². The predicted molar refractivity (Wildman–Crippen MR) is 47.7 cm³/mol. The van der Waals surface area contributed by atoms with E-state index in [1.165, 1.54) is 6.07 Å². The van der Waals surface area contributed by atoms with Crippen molar-refractivity contribution in [2.24, 2.45) is 0 Å². The Morgan fingerprint density at radius 1 is 1.60 bits per heavy atom. The molecule has 0 aromatic heterocycles. The van der Waals surface area contributed by atoms with Crippen molar-refractivity contribution < 1.29 is 23.3 Å². The van der Waals surface area contributed by atoms with E-state index in [4.69, 9.17) is 4.89 Å². The van der Waals surface area contributed by atoms with Gasteiger partial charge in [0.1, 0.15) is 6.61 Å². The molecule has 6 nitrogen and oxygen atoms in total. The summed E-state index contributed by atoms with van der Waals surface area (Å²) in [6.07, 6.45) is 0. The maximum Gasteiger partial charge on any atom is 0.695 e. The highest BCUT2D eigenvalue weighted by Gasteiger charge is 2.16. The van der Waals surface area contributed by atoms with Crippen molar-refractivity contribution in [2.45, 2.75) is 6.61 Å². The van der Waals surface area contributed by atoms with Crippen LogP contribution in [0.3, 0.4) is 0 Å². The molecule has 0 heterocycles. The Bertz CT molecular complexity index is 410. The van der Waals surface area contributed by atoms with Crippen LogP contribution in [0, 0.1) is 15.9 Å². The summed E-state index contributed by atoms with van der Waals surface area (Å²) in [5, 5.41) is 10.2. The third-order valence-corrected chi connectivity index (χ3v) is 1.90. The number of nitro groups is 1. The van der Waals surface area contributed by atoms with Gasteiger partial charge in [-0.2, -0.15) is 4.39 Å². The summed E-state index contributed by atoms with van der Waals surface area (Å²) in [6, 6.07) is 3.11. The number of halogens is 1. The number of nitro benzene ring substituents is 1. The largest absolute Gasteiger partial charge is 0.695 e. The molecular formula is C7H6FNO5P+. The number of nitrogens with zero attached hydrogens (tertiary/aromatic N) is 1. The van der Waals surface area contributed by atoms with Crippen LogP contribution in [-0.2, 0) is 15.7 Å². The minimum Gasteiger partial charge on any atom is -0.258 e. The van der Waals surface area contributed by atoms with Crippen LogP contribution in [0.2, 0.25) is 0 Å². The normalized spacial score (nSPS) is 11.2. The molecule has 15 heavy (non-hydrogen) atoms. The molecule has 0 amide bonds. The Kier molecular flexibility index (Phi) is 3.79. The molecule has 0 bridgehead atoms. The van der Waals surface area contributed by atoms with E-state index in [2.05, 4.69) is 4.52 Å². The third kappa shape index (κ3) is 3.32. The third-order valence-electron chi connectivity index (χ3n) is 1.55. The molecule has 1 aromatic carbocycles. The SMILES string of the molecule is O=[N+]([O-])c1ccc(CO[P+](=O)O)cc1F. The zero-order valence-electron chi connectivity index (χ0n) is 7.29. The van der Waals surface area contributed by atoms with Crippen LogP contribution in [-0.4, -0.2) is 9.82 Å². The van der Waals surface area contributed by atoms with Crippen molar-refractivity contribution in [2.75, 3.05) is 0 Å². The predicted octanol–water partition coefficient (Wildman–Crippen LogP) is 1.90. The molecule has 0 aliphatic rings. The highest BCUT2D eigenvalue weighted by Crippen LogP contribution is 2.22. The maximum atomic E-state index is 13.0. The highest BCUT2D eigenvalue weighted by molar-refractivity contribution is 7.32. The lowest BCUT2D eigenvalue weighted by Crippen LogP contribution is -1.94. The molecule has 0 radical (unpaired) electrons. The smallest absolute Gasteiger partial charge is 0.258 e. The summed E-state index contributed by atoms with van der Waals surface area (Å²) in [5.41, 5.74) is -0.400. The van der Waals surface area contributed by atoms with Gasteiger partial charge in [-0.1, -0.05) is 0 Å². The first-order valence-electron chi connectivity index (χ1n) is 3.72. The summed E-state index contributed by atoms with van der Waals surface area (Å²) >= 11 is 0. The first-order valence-corrected chi connectivity index (χ1v) is 4.85. The molecule has 1 atom stereocenters. The molecule has 8 heteroatoms. The van der Waals surface area contributed by atoms with Crippen molar-refractivity contribution in [3.8, 4) is 0 Å². The van der Waals surface area contributed by atoms with Crippen LogP contribution in [0.25, 0.3) is 0 Å². The van der Waals surface area contributed by atoms with Crippen molar-refractivity contribution in [1.29, 1.82) is 0 Å². The van der Waals surface area contributed by atoms with E-state index in [-0.39, 0.29) is 12.2 Å². The molecule has 0 spiro atoms. The van der Waals surface area contributed by atoms with Crippen LogP contribution in [0.1, 0.15) is 5.56 Å². The Morgan fingerprint density at radius 3 is 2.73 bits per heavy atom. The summed E-state index contributed by atoms with van der Waals surface area (Å²) in [6.45, 7) is -0.277. The van der Waals surface area contributed by atoms with Gasteiger partial charge < -0.3 is 0 Å². The lowest BCUT2D eigenvalue weighted by molar-refractivity contribution is -0.387. The second kappa shape index (κ2) is 4.88. The van der Waals surface area contributed by atoms with E-state index in [0.717, 1.165) is 12.1 Å². The quantitative estimate of drug-likeness (QED) is 0.488. The molecule has 1 unspecified atom stereocenters. The zero-order chi connectivity index (χ0) is 11.4. The van der Waals surface area contributed by atoms with E-state index < -0.39 is 24.7 Å². The first-order chi connectivity index (χ1) is 7.00. The molecular weight excluding hydrogens is 228 g/mol. The molecule has 1 rings (SSSR count). The van der Waals surface area contributed by atoms with E-state index in [1.807, 2.05) is 0 Å². The fourth-order valence-electron chi connectivity index (χ4n) is 0.918. The highest BCUT2D eigenvalue weighted by atomic mass is 31.1. The summed E-state index contributed by atoms with van der Waals surface area (Å²) in [7, 11) is -2.76. The standard InChI is InChI=1S/C7H5FNO5P/c8-6-3-5(4-14-15(12)13)1-2-7(6)9(10)11/h1-3H,4H2/p+1. The molecule has 0 saturated heterocycles. The number of hydrogen-bond donors (Lipinski definition) is 1. The van der Waals surface area contributed by atoms with Gasteiger partial charge in [0.2, 0.25) is 5.82 Å². The van der Waals surface area contributed by atoms with E-state index in [1.54, 1.807) is 0 Å². The van der Waals surface area contributed by atoms with Crippen molar-refractivity contribution in [3.63, 3.8) is 0 Å². The maximum absolute atomic E-state index is 13.0. The van der Waals surface area contributed by atoms with Gasteiger partial charge >= 0.3 is 13.9 Å². The van der Waals surface area contributed by atoms with Crippen molar-refractivity contribution >= 4 is 13.9 Å². The lowest BCUT2D eigenvalue weighted by Gasteiger charge is -1.96. The fourth-order valence-corrected chi connectivity index (χ4v) is 1.18. The van der Waals surface area contributed by atoms with Gasteiger partial charge in [0.15, 0.2) is 0 Å². The number of rotatable bonds is 4. The van der Waals surface area contributed by atoms with Gasteiger partial charge in [0.25, 0.3) is 0 Å². The number of hydrogen-bond acceptors (Lipinski definition) is 4. The fraction of sp³-hybridized carbons (Fsp3) is 0.143. The van der Waals surface area contributed by atoms with Gasteiger partial charge in [-0.3, -0.25) is 10.1 Å². The van der Waals surface area contributed by atoms with Crippen LogP contribution in [0.4, 0.5) is 10.1 Å². The van der Waals surface area contributed by atoms with Crippen LogP contribution >= 0.6 is 8.25 Å². The molecule has 1 N–H and O–H groups in total. The molecule has 0 aliphatic heterocycles. The Labute approximate surface area is 84.4 Å². The van der Waals surface area contributed by atoms with Crippen LogP contribution < -0.4 is 0 Å². The topological polar surface area (TPSA) is 89.7 Å². The summed E-state index contributed by atoms with van der Waals surface area (Å²) < 4.78 is 27.5. The van der Waals surface area contributed by atoms with Gasteiger partial charge in [-0.05, 0) is 17.7 Å². The minimum atomic E-state index is -2.76.